The van der Waals surface area contributed by atoms with Crippen molar-refractivity contribution in [2.75, 3.05) is 5.32 Å². The Morgan fingerprint density at radius 2 is 1.59 bits per heavy atom. The predicted molar refractivity (Wildman–Crippen MR) is 127 cm³/mol. The number of carbonyl (C=O) groups is 1. The lowest BCUT2D eigenvalue weighted by molar-refractivity contribution is -0.119. The number of para-hydroxylation sites is 1. The Kier molecular flexibility index (Phi) is 5.42. The van der Waals surface area contributed by atoms with Gasteiger partial charge in [0.15, 0.2) is 5.52 Å². The van der Waals surface area contributed by atoms with E-state index in [-0.39, 0.29) is 11.5 Å². The van der Waals surface area contributed by atoms with Crippen LogP contribution in [0.25, 0.3) is 16.6 Å². The van der Waals surface area contributed by atoms with E-state index < -0.39 is 6.04 Å². The molecular formula is C25H27N5O2. The minimum atomic E-state index is -0.798. The fraction of sp³-hybridized carbons (Fsp3) is 0.280. The number of fused-ring (bicyclic) bond motifs is 1. The third kappa shape index (κ3) is 3.60. The minimum absolute atomic E-state index is 0.299. The van der Waals surface area contributed by atoms with Crippen molar-refractivity contribution in [1.82, 2.24) is 19.6 Å². The summed E-state index contributed by atoms with van der Waals surface area (Å²) in [4.78, 5) is 26.4. The van der Waals surface area contributed by atoms with Crippen LogP contribution in [0.15, 0.2) is 47.3 Å². The third-order valence-corrected chi connectivity index (χ3v) is 5.82. The topological polar surface area (TPSA) is 81.8 Å². The fourth-order valence-corrected chi connectivity index (χ4v) is 4.25. The van der Waals surface area contributed by atoms with Crippen LogP contribution in [-0.2, 0) is 4.79 Å². The number of aryl methyl sites for hydroxylation is 5. The van der Waals surface area contributed by atoms with Gasteiger partial charge in [-0.25, -0.2) is 9.36 Å². The van der Waals surface area contributed by atoms with E-state index in [0.29, 0.717) is 16.6 Å². The van der Waals surface area contributed by atoms with E-state index in [1.54, 1.807) is 11.6 Å². The van der Waals surface area contributed by atoms with Gasteiger partial charge in [0.05, 0.1) is 22.5 Å². The molecule has 1 unspecified atom stereocenters. The smallest absolute Gasteiger partial charge is 0.295 e. The summed E-state index contributed by atoms with van der Waals surface area (Å²) >= 11 is 0. The van der Waals surface area contributed by atoms with Crippen LogP contribution in [-0.4, -0.2) is 25.5 Å². The maximum atomic E-state index is 13.3. The third-order valence-electron chi connectivity index (χ3n) is 5.82. The molecule has 0 spiro atoms. The Balaban J connectivity index is 1.76. The number of amides is 1. The van der Waals surface area contributed by atoms with Gasteiger partial charge < -0.3 is 5.32 Å². The highest BCUT2D eigenvalue weighted by atomic mass is 16.2. The maximum absolute atomic E-state index is 13.3. The van der Waals surface area contributed by atoms with Crippen LogP contribution in [0.5, 0.6) is 0 Å². The number of nitrogens with one attached hydrogen (secondary N) is 1. The van der Waals surface area contributed by atoms with Gasteiger partial charge in [0, 0.05) is 5.69 Å². The molecule has 0 fully saturated rings. The van der Waals surface area contributed by atoms with Gasteiger partial charge in [-0.2, -0.15) is 10.2 Å². The number of carbonyl (C=O) groups excluding carboxylic acids is 1. The van der Waals surface area contributed by atoms with Crippen LogP contribution in [0.4, 0.5) is 5.69 Å². The molecule has 2 aromatic carbocycles. The van der Waals surface area contributed by atoms with Crippen LogP contribution in [0.1, 0.15) is 41.0 Å². The Labute approximate surface area is 186 Å². The summed E-state index contributed by atoms with van der Waals surface area (Å²) in [5.41, 5.74) is 6.13. The molecule has 1 atom stereocenters. The van der Waals surface area contributed by atoms with Crippen LogP contribution in [0.2, 0.25) is 0 Å². The highest BCUT2D eigenvalue weighted by Gasteiger charge is 2.24. The first-order valence-electron chi connectivity index (χ1n) is 10.6. The molecular weight excluding hydrogens is 402 g/mol. The zero-order chi connectivity index (χ0) is 23.2. The molecule has 1 N–H and O–H groups in total. The largest absolute Gasteiger partial charge is 0.324 e. The van der Waals surface area contributed by atoms with Gasteiger partial charge in [0.2, 0.25) is 5.91 Å². The van der Waals surface area contributed by atoms with E-state index >= 15 is 0 Å². The summed E-state index contributed by atoms with van der Waals surface area (Å²) in [7, 11) is 0. The highest BCUT2D eigenvalue weighted by molar-refractivity contribution is 5.95. The lowest BCUT2D eigenvalue weighted by atomic mass is 10.0. The molecule has 7 heteroatoms. The Bertz CT molecular complexity index is 1380. The van der Waals surface area contributed by atoms with E-state index in [1.165, 1.54) is 4.68 Å². The normalized spacial score (nSPS) is 12.2. The molecule has 0 aliphatic rings. The van der Waals surface area contributed by atoms with E-state index in [2.05, 4.69) is 15.5 Å². The summed E-state index contributed by atoms with van der Waals surface area (Å²) < 4.78 is 2.97. The second-order valence-electron chi connectivity index (χ2n) is 8.33. The predicted octanol–water partition coefficient (Wildman–Crippen LogP) is 4.32. The summed E-state index contributed by atoms with van der Waals surface area (Å²) in [6, 6.07) is 12.9. The number of hydrogen-bond acceptors (Lipinski definition) is 4. The Morgan fingerprint density at radius 3 is 2.22 bits per heavy atom. The zero-order valence-corrected chi connectivity index (χ0v) is 19.2. The molecule has 2 heterocycles. The van der Waals surface area contributed by atoms with Crippen LogP contribution in [0.3, 0.4) is 0 Å². The van der Waals surface area contributed by atoms with Crippen molar-refractivity contribution >= 4 is 22.5 Å². The van der Waals surface area contributed by atoms with Gasteiger partial charge in [-0.05, 0) is 64.8 Å². The number of aromatic nitrogens is 4. The maximum Gasteiger partial charge on any atom is 0.295 e. The Hall–Kier alpha value is -3.74. The molecule has 32 heavy (non-hydrogen) atoms. The van der Waals surface area contributed by atoms with Gasteiger partial charge in [0.1, 0.15) is 6.04 Å². The van der Waals surface area contributed by atoms with Crippen molar-refractivity contribution in [1.29, 1.82) is 0 Å². The molecule has 1 amide bonds. The second kappa shape index (κ2) is 8.07. The molecule has 0 bridgehead atoms. The molecule has 0 aliphatic heterocycles. The average Bonchev–Trinajstić information content (AvgIpc) is 3.11. The summed E-state index contributed by atoms with van der Waals surface area (Å²) in [5, 5.41) is 12.8. The van der Waals surface area contributed by atoms with Crippen LogP contribution >= 0.6 is 0 Å². The molecule has 0 saturated carbocycles. The SMILES string of the molecule is Cc1cc(C)c(NC(=O)C(C)n2nc(C)c3c(C)n(-c4ccccc4)nc3c2=O)c(C)c1. The number of benzene rings is 2. The van der Waals surface area contributed by atoms with E-state index in [4.69, 9.17) is 0 Å². The van der Waals surface area contributed by atoms with Crippen molar-refractivity contribution < 1.29 is 4.79 Å². The lowest BCUT2D eigenvalue weighted by Gasteiger charge is -2.17. The first-order valence-corrected chi connectivity index (χ1v) is 10.6. The molecule has 0 aliphatic carbocycles. The quantitative estimate of drug-likeness (QED) is 0.524. The van der Waals surface area contributed by atoms with Gasteiger partial charge >= 0.3 is 0 Å². The first kappa shape index (κ1) is 21.5. The van der Waals surface area contributed by atoms with Crippen molar-refractivity contribution in [3.63, 3.8) is 0 Å². The van der Waals surface area contributed by atoms with E-state index in [0.717, 1.165) is 33.8 Å². The summed E-state index contributed by atoms with van der Waals surface area (Å²) in [6.07, 6.45) is 0. The molecule has 0 saturated heterocycles. The molecule has 164 valence electrons. The first-order chi connectivity index (χ1) is 15.2. The fourth-order valence-electron chi connectivity index (χ4n) is 4.25. The highest BCUT2D eigenvalue weighted by Crippen LogP contribution is 2.24. The number of hydrogen-bond donors (Lipinski definition) is 1. The standard InChI is InChI=1S/C25H27N5O2/c1-14-12-15(2)22(16(3)13-14)26-24(31)19(6)30-25(32)23-21(17(4)27-30)18(5)29(28-23)20-10-8-7-9-11-20/h7-13,19H,1-6H3,(H,26,31). The monoisotopic (exact) mass is 429 g/mol. The van der Waals surface area contributed by atoms with Crippen LogP contribution < -0.4 is 10.9 Å². The molecule has 2 aromatic heterocycles. The van der Waals surface area contributed by atoms with Gasteiger partial charge in [-0.3, -0.25) is 9.59 Å². The van der Waals surface area contributed by atoms with Gasteiger partial charge in [0.25, 0.3) is 5.56 Å². The number of rotatable bonds is 4. The Morgan fingerprint density at radius 1 is 0.969 bits per heavy atom. The lowest BCUT2D eigenvalue weighted by Crippen LogP contribution is -2.34. The second-order valence-corrected chi connectivity index (χ2v) is 8.33. The molecule has 0 radical (unpaired) electrons. The van der Waals surface area contributed by atoms with Gasteiger partial charge in [-0.15, -0.1) is 0 Å². The van der Waals surface area contributed by atoms with Crippen molar-refractivity contribution in [2.45, 2.75) is 47.6 Å². The van der Waals surface area contributed by atoms with Crippen molar-refractivity contribution in [3.05, 3.63) is 80.9 Å². The van der Waals surface area contributed by atoms with Crippen molar-refractivity contribution in [3.8, 4) is 5.69 Å². The summed E-state index contributed by atoms with van der Waals surface area (Å²) in [6.45, 7) is 11.4. The zero-order valence-electron chi connectivity index (χ0n) is 19.2. The summed E-state index contributed by atoms with van der Waals surface area (Å²) in [5.74, 6) is -0.299. The molecule has 7 nitrogen and oxygen atoms in total. The number of anilines is 1. The number of nitrogens with zero attached hydrogens (tertiary/aromatic N) is 4. The molecule has 4 aromatic rings. The van der Waals surface area contributed by atoms with E-state index in [9.17, 15) is 9.59 Å². The minimum Gasteiger partial charge on any atom is -0.324 e. The molecule has 4 rings (SSSR count). The van der Waals surface area contributed by atoms with E-state index in [1.807, 2.05) is 77.1 Å². The van der Waals surface area contributed by atoms with Crippen molar-refractivity contribution in [2.24, 2.45) is 0 Å². The average molecular weight is 430 g/mol. The van der Waals surface area contributed by atoms with Crippen LogP contribution in [0, 0.1) is 34.6 Å². The van der Waals surface area contributed by atoms with Gasteiger partial charge in [-0.1, -0.05) is 35.9 Å².